The lowest BCUT2D eigenvalue weighted by Gasteiger charge is -2.33. The molecule has 78 valence electrons. The van der Waals surface area contributed by atoms with Gasteiger partial charge in [-0.1, -0.05) is 0 Å². The van der Waals surface area contributed by atoms with Crippen molar-refractivity contribution in [2.24, 2.45) is 0 Å². The Labute approximate surface area is 84.2 Å². The van der Waals surface area contributed by atoms with Gasteiger partial charge in [0.05, 0.1) is 6.07 Å². The van der Waals surface area contributed by atoms with Gasteiger partial charge in [0.15, 0.2) is 0 Å². The molecule has 1 aliphatic rings. The van der Waals surface area contributed by atoms with E-state index in [1.54, 1.807) is 0 Å². The number of nitrogens with zero attached hydrogens (tertiary/aromatic N) is 3. The minimum absolute atomic E-state index is 0.0181. The van der Waals surface area contributed by atoms with E-state index in [-0.39, 0.29) is 5.91 Å². The molecular weight excluding hydrogens is 180 g/mol. The SMILES string of the molecule is CC(=O)NN1CCN(CCC#N)CC1. The number of nitrogens with one attached hydrogen (secondary N) is 1. The standard InChI is InChI=1S/C9H16N4O/c1-9(14)11-13-7-5-12(6-8-13)4-2-3-10/h2,4-8H2,1H3,(H,11,14). The lowest BCUT2D eigenvalue weighted by atomic mass is 10.3. The summed E-state index contributed by atoms with van der Waals surface area (Å²) in [6, 6.07) is 2.13. The number of amides is 1. The van der Waals surface area contributed by atoms with Gasteiger partial charge >= 0.3 is 0 Å². The summed E-state index contributed by atoms with van der Waals surface area (Å²) < 4.78 is 0. The van der Waals surface area contributed by atoms with Crippen molar-refractivity contribution in [1.82, 2.24) is 15.3 Å². The Morgan fingerprint density at radius 1 is 1.43 bits per heavy atom. The van der Waals surface area contributed by atoms with Crippen molar-refractivity contribution < 1.29 is 4.79 Å². The van der Waals surface area contributed by atoms with E-state index in [9.17, 15) is 4.79 Å². The lowest BCUT2D eigenvalue weighted by Crippen LogP contribution is -2.53. The molecule has 0 radical (unpaired) electrons. The Morgan fingerprint density at radius 2 is 2.07 bits per heavy atom. The second-order valence-electron chi connectivity index (χ2n) is 3.40. The third-order valence-electron chi connectivity index (χ3n) is 2.23. The maximum absolute atomic E-state index is 10.8. The molecule has 1 saturated heterocycles. The minimum Gasteiger partial charge on any atom is -0.300 e. The maximum Gasteiger partial charge on any atom is 0.231 e. The minimum atomic E-state index is -0.0181. The second-order valence-corrected chi connectivity index (χ2v) is 3.40. The van der Waals surface area contributed by atoms with Gasteiger partial charge in [0.25, 0.3) is 0 Å². The van der Waals surface area contributed by atoms with Crippen LogP contribution in [-0.4, -0.2) is 48.5 Å². The van der Waals surface area contributed by atoms with E-state index < -0.39 is 0 Å². The largest absolute Gasteiger partial charge is 0.300 e. The van der Waals surface area contributed by atoms with E-state index in [1.807, 2.05) is 5.01 Å². The second kappa shape index (κ2) is 5.58. The average Bonchev–Trinajstić information content (AvgIpc) is 2.16. The van der Waals surface area contributed by atoms with Crippen molar-refractivity contribution in [3.8, 4) is 6.07 Å². The van der Waals surface area contributed by atoms with Crippen LogP contribution in [0.3, 0.4) is 0 Å². The van der Waals surface area contributed by atoms with Crippen LogP contribution in [0, 0.1) is 11.3 Å². The highest BCUT2D eigenvalue weighted by Crippen LogP contribution is 1.99. The highest BCUT2D eigenvalue weighted by molar-refractivity contribution is 5.72. The van der Waals surface area contributed by atoms with Gasteiger partial charge in [-0.3, -0.25) is 15.1 Å². The van der Waals surface area contributed by atoms with Crippen molar-refractivity contribution in [3.63, 3.8) is 0 Å². The fourth-order valence-electron chi connectivity index (χ4n) is 1.51. The first-order chi connectivity index (χ1) is 6.72. The number of nitriles is 1. The van der Waals surface area contributed by atoms with Crippen molar-refractivity contribution in [2.45, 2.75) is 13.3 Å². The van der Waals surface area contributed by atoms with Crippen LogP contribution in [0.15, 0.2) is 0 Å². The average molecular weight is 196 g/mol. The molecule has 1 heterocycles. The molecule has 1 fully saturated rings. The van der Waals surface area contributed by atoms with E-state index in [4.69, 9.17) is 5.26 Å². The summed E-state index contributed by atoms with van der Waals surface area (Å²) in [5, 5.41) is 10.3. The molecule has 0 spiro atoms. The zero-order chi connectivity index (χ0) is 10.4. The molecule has 0 unspecified atom stereocenters. The Kier molecular flexibility index (Phi) is 4.36. The highest BCUT2D eigenvalue weighted by Gasteiger charge is 2.16. The van der Waals surface area contributed by atoms with Crippen molar-refractivity contribution in [3.05, 3.63) is 0 Å². The smallest absolute Gasteiger partial charge is 0.231 e. The first-order valence-electron chi connectivity index (χ1n) is 4.84. The molecule has 0 bridgehead atoms. The molecule has 0 atom stereocenters. The summed E-state index contributed by atoms with van der Waals surface area (Å²) in [5.74, 6) is -0.0181. The molecule has 14 heavy (non-hydrogen) atoms. The third kappa shape index (κ3) is 3.73. The number of piperazine rings is 1. The van der Waals surface area contributed by atoms with Crippen LogP contribution in [-0.2, 0) is 4.79 Å². The molecule has 5 nitrogen and oxygen atoms in total. The van der Waals surface area contributed by atoms with Gasteiger partial charge in [0.2, 0.25) is 5.91 Å². The van der Waals surface area contributed by atoms with Crippen LogP contribution < -0.4 is 5.43 Å². The Morgan fingerprint density at radius 3 is 2.57 bits per heavy atom. The van der Waals surface area contributed by atoms with Gasteiger partial charge in [0.1, 0.15) is 0 Å². The zero-order valence-corrected chi connectivity index (χ0v) is 8.49. The van der Waals surface area contributed by atoms with Crippen molar-refractivity contribution >= 4 is 5.91 Å². The van der Waals surface area contributed by atoms with Crippen molar-refractivity contribution in [2.75, 3.05) is 32.7 Å². The monoisotopic (exact) mass is 196 g/mol. The molecule has 1 N–H and O–H groups in total. The van der Waals surface area contributed by atoms with Crippen LogP contribution >= 0.6 is 0 Å². The van der Waals surface area contributed by atoms with Gasteiger partial charge in [-0.15, -0.1) is 0 Å². The molecule has 0 aromatic rings. The van der Waals surface area contributed by atoms with E-state index >= 15 is 0 Å². The van der Waals surface area contributed by atoms with Crippen LogP contribution in [0.5, 0.6) is 0 Å². The van der Waals surface area contributed by atoms with E-state index in [0.29, 0.717) is 6.42 Å². The molecule has 5 heteroatoms. The quantitative estimate of drug-likeness (QED) is 0.665. The predicted molar refractivity (Wildman–Crippen MR) is 52.1 cm³/mol. The van der Waals surface area contributed by atoms with Crippen LogP contribution in [0.4, 0.5) is 0 Å². The first-order valence-corrected chi connectivity index (χ1v) is 4.84. The Hall–Kier alpha value is -1.12. The maximum atomic E-state index is 10.8. The molecule has 1 aliphatic heterocycles. The molecule has 1 amide bonds. The molecule has 0 aromatic carbocycles. The van der Waals surface area contributed by atoms with Crippen LogP contribution in [0.25, 0.3) is 0 Å². The summed E-state index contributed by atoms with van der Waals surface area (Å²) in [6.45, 7) is 5.87. The molecule has 0 aliphatic carbocycles. The fraction of sp³-hybridized carbons (Fsp3) is 0.778. The third-order valence-corrected chi connectivity index (χ3v) is 2.23. The predicted octanol–water partition coefficient (Wildman–Crippen LogP) is -0.431. The highest BCUT2D eigenvalue weighted by atomic mass is 16.2. The summed E-state index contributed by atoms with van der Waals surface area (Å²) in [4.78, 5) is 13.0. The molecule has 0 saturated carbocycles. The van der Waals surface area contributed by atoms with E-state index in [0.717, 1.165) is 32.7 Å². The fourth-order valence-corrected chi connectivity index (χ4v) is 1.51. The first kappa shape index (κ1) is 11.0. The summed E-state index contributed by atoms with van der Waals surface area (Å²) in [5.41, 5.74) is 2.76. The van der Waals surface area contributed by atoms with Gasteiger partial charge in [-0.2, -0.15) is 5.26 Å². The molecular formula is C9H16N4O. The van der Waals surface area contributed by atoms with Crippen LogP contribution in [0.2, 0.25) is 0 Å². The van der Waals surface area contributed by atoms with Crippen LogP contribution in [0.1, 0.15) is 13.3 Å². The molecule has 0 aromatic heterocycles. The number of carbonyl (C=O) groups is 1. The van der Waals surface area contributed by atoms with E-state index in [2.05, 4.69) is 16.4 Å². The van der Waals surface area contributed by atoms with Gasteiger partial charge < -0.3 is 0 Å². The Bertz CT molecular complexity index is 227. The summed E-state index contributed by atoms with van der Waals surface area (Å²) in [7, 11) is 0. The van der Waals surface area contributed by atoms with Crippen molar-refractivity contribution in [1.29, 1.82) is 5.26 Å². The summed E-state index contributed by atoms with van der Waals surface area (Å²) >= 11 is 0. The number of hydrogen-bond donors (Lipinski definition) is 1. The summed E-state index contributed by atoms with van der Waals surface area (Å²) in [6.07, 6.45) is 0.583. The topological polar surface area (TPSA) is 59.4 Å². The zero-order valence-electron chi connectivity index (χ0n) is 8.49. The van der Waals surface area contributed by atoms with E-state index in [1.165, 1.54) is 6.92 Å². The Balaban J connectivity index is 2.18. The van der Waals surface area contributed by atoms with Gasteiger partial charge in [-0.05, 0) is 0 Å². The number of hydrazine groups is 1. The van der Waals surface area contributed by atoms with Gasteiger partial charge in [0, 0.05) is 46.1 Å². The number of carbonyl (C=O) groups excluding carboxylic acids is 1. The normalized spacial score (nSPS) is 18.9. The lowest BCUT2D eigenvalue weighted by molar-refractivity contribution is -0.124. The molecule has 1 rings (SSSR count). The van der Waals surface area contributed by atoms with Gasteiger partial charge in [-0.25, -0.2) is 5.01 Å². The number of rotatable bonds is 3. The number of hydrogen-bond acceptors (Lipinski definition) is 4.